The van der Waals surface area contributed by atoms with Gasteiger partial charge >= 0.3 is 0 Å². The monoisotopic (exact) mass is 435 g/mol. The van der Waals surface area contributed by atoms with E-state index in [2.05, 4.69) is 19.2 Å². The summed E-state index contributed by atoms with van der Waals surface area (Å²) in [5.74, 6) is 0.705. The minimum absolute atomic E-state index is 0.0576. The highest BCUT2D eigenvalue weighted by Gasteiger charge is 2.39. The van der Waals surface area contributed by atoms with Crippen molar-refractivity contribution in [2.24, 2.45) is 11.3 Å². The molecule has 0 heterocycles. The number of hydrogen-bond donors (Lipinski definition) is 1. The van der Waals surface area contributed by atoms with Gasteiger partial charge in [0.1, 0.15) is 0 Å². The first kappa shape index (κ1) is 23.3. The molecule has 164 valence electrons. The molecule has 1 saturated carbocycles. The highest BCUT2D eigenvalue weighted by Crippen LogP contribution is 2.42. The van der Waals surface area contributed by atoms with Gasteiger partial charge in [0.15, 0.2) is 0 Å². The summed E-state index contributed by atoms with van der Waals surface area (Å²) in [6.45, 7) is 4.43. The number of thioether (sulfide) groups is 1. The Morgan fingerprint density at radius 2 is 1.68 bits per heavy atom. The van der Waals surface area contributed by atoms with Crippen LogP contribution in [-0.4, -0.2) is 11.0 Å². The van der Waals surface area contributed by atoms with Crippen molar-refractivity contribution < 1.29 is 9.59 Å². The number of carbonyl (C=O) groups excluding carboxylic acids is 2. The first-order valence-corrected chi connectivity index (χ1v) is 12.2. The topological polar surface area (TPSA) is 46.2 Å². The van der Waals surface area contributed by atoms with Crippen LogP contribution in [0.1, 0.15) is 64.4 Å². The SMILES string of the molecule is CC(C)CCC1(C(=O)Nc2ccccc2SC(=O)/C=C/c2ccccc2)CCCCC1. The smallest absolute Gasteiger partial charge is 0.230 e. The summed E-state index contributed by atoms with van der Waals surface area (Å²) in [6, 6.07) is 17.4. The Balaban J connectivity index is 1.70. The predicted molar refractivity (Wildman–Crippen MR) is 131 cm³/mol. The molecule has 2 aromatic rings. The van der Waals surface area contributed by atoms with Gasteiger partial charge in [0.2, 0.25) is 11.0 Å². The molecule has 0 radical (unpaired) electrons. The van der Waals surface area contributed by atoms with Crippen molar-refractivity contribution in [2.75, 3.05) is 5.32 Å². The number of anilines is 1. The van der Waals surface area contributed by atoms with Gasteiger partial charge in [0, 0.05) is 10.3 Å². The van der Waals surface area contributed by atoms with Crippen molar-refractivity contribution >= 4 is 34.5 Å². The molecule has 4 heteroatoms. The maximum absolute atomic E-state index is 13.4. The van der Waals surface area contributed by atoms with Crippen molar-refractivity contribution in [1.82, 2.24) is 0 Å². The summed E-state index contributed by atoms with van der Waals surface area (Å²) in [4.78, 5) is 26.7. The zero-order chi connectivity index (χ0) is 22.1. The number of nitrogens with one attached hydrogen (secondary N) is 1. The zero-order valence-electron chi connectivity index (χ0n) is 18.6. The molecule has 0 bridgehead atoms. The highest BCUT2D eigenvalue weighted by molar-refractivity contribution is 8.14. The second kappa shape index (κ2) is 11.3. The Kier molecular flexibility index (Phi) is 8.53. The molecule has 0 saturated heterocycles. The van der Waals surface area contributed by atoms with Crippen molar-refractivity contribution in [3.05, 3.63) is 66.2 Å². The average Bonchev–Trinajstić information content (AvgIpc) is 2.79. The molecule has 0 spiro atoms. The van der Waals surface area contributed by atoms with E-state index in [1.165, 1.54) is 6.42 Å². The fourth-order valence-electron chi connectivity index (χ4n) is 4.17. The molecule has 1 aliphatic carbocycles. The first-order chi connectivity index (χ1) is 15.0. The van der Waals surface area contributed by atoms with Crippen LogP contribution in [0.3, 0.4) is 0 Å². The molecule has 3 rings (SSSR count). The lowest BCUT2D eigenvalue weighted by Gasteiger charge is -2.36. The lowest BCUT2D eigenvalue weighted by molar-refractivity contribution is -0.128. The fourth-order valence-corrected chi connectivity index (χ4v) is 4.90. The van der Waals surface area contributed by atoms with E-state index < -0.39 is 0 Å². The van der Waals surface area contributed by atoms with Crippen LogP contribution in [0.25, 0.3) is 6.08 Å². The number of amides is 1. The predicted octanol–water partition coefficient (Wildman–Crippen LogP) is 7.34. The normalized spacial score (nSPS) is 15.8. The van der Waals surface area contributed by atoms with E-state index in [4.69, 9.17) is 0 Å². The van der Waals surface area contributed by atoms with Crippen LogP contribution in [0, 0.1) is 11.3 Å². The Morgan fingerprint density at radius 3 is 2.39 bits per heavy atom. The molecule has 0 unspecified atom stereocenters. The van der Waals surface area contributed by atoms with Crippen LogP contribution in [0.4, 0.5) is 5.69 Å². The van der Waals surface area contributed by atoms with Gasteiger partial charge in [0.25, 0.3) is 0 Å². The van der Waals surface area contributed by atoms with Gasteiger partial charge in [-0.05, 0) is 67.1 Å². The average molecular weight is 436 g/mol. The third kappa shape index (κ3) is 6.83. The lowest BCUT2D eigenvalue weighted by atomic mass is 9.69. The zero-order valence-corrected chi connectivity index (χ0v) is 19.4. The van der Waals surface area contributed by atoms with Gasteiger partial charge in [-0.1, -0.05) is 81.7 Å². The molecule has 0 aromatic heterocycles. The fraction of sp³-hybridized carbons (Fsp3) is 0.407. The molecule has 2 aromatic carbocycles. The molecule has 1 fully saturated rings. The molecule has 1 amide bonds. The van der Waals surface area contributed by atoms with E-state index in [9.17, 15) is 9.59 Å². The quantitative estimate of drug-likeness (QED) is 0.348. The summed E-state index contributed by atoms with van der Waals surface area (Å²) >= 11 is 1.15. The van der Waals surface area contributed by atoms with Crippen LogP contribution >= 0.6 is 11.8 Å². The Bertz CT molecular complexity index is 898. The number of benzene rings is 2. The van der Waals surface area contributed by atoms with Crippen LogP contribution in [-0.2, 0) is 9.59 Å². The van der Waals surface area contributed by atoms with Gasteiger partial charge in [0.05, 0.1) is 5.69 Å². The third-order valence-corrected chi connectivity index (χ3v) is 6.96. The Hall–Kier alpha value is -2.33. The van der Waals surface area contributed by atoms with Gasteiger partial charge < -0.3 is 5.32 Å². The van der Waals surface area contributed by atoms with Crippen molar-refractivity contribution in [1.29, 1.82) is 0 Å². The van der Waals surface area contributed by atoms with Crippen molar-refractivity contribution in [2.45, 2.75) is 63.7 Å². The van der Waals surface area contributed by atoms with Crippen LogP contribution in [0.5, 0.6) is 0 Å². The Morgan fingerprint density at radius 1 is 1.00 bits per heavy atom. The molecule has 31 heavy (non-hydrogen) atoms. The van der Waals surface area contributed by atoms with E-state index in [0.717, 1.165) is 66.4 Å². The van der Waals surface area contributed by atoms with Crippen LogP contribution < -0.4 is 5.32 Å². The second-order valence-electron chi connectivity index (χ2n) is 8.89. The molecule has 0 atom stereocenters. The minimum Gasteiger partial charge on any atom is -0.325 e. The maximum Gasteiger partial charge on any atom is 0.230 e. The summed E-state index contributed by atoms with van der Waals surface area (Å²) in [5, 5.41) is 3.13. The molecular weight excluding hydrogens is 402 g/mol. The van der Waals surface area contributed by atoms with Crippen LogP contribution in [0.15, 0.2) is 65.6 Å². The molecule has 3 nitrogen and oxygen atoms in total. The highest BCUT2D eigenvalue weighted by atomic mass is 32.2. The van der Waals surface area contributed by atoms with Gasteiger partial charge in [-0.2, -0.15) is 0 Å². The molecule has 1 N–H and O–H groups in total. The summed E-state index contributed by atoms with van der Waals surface area (Å²) in [7, 11) is 0. The number of rotatable bonds is 8. The van der Waals surface area contributed by atoms with E-state index in [0.29, 0.717) is 5.92 Å². The standard InChI is InChI=1S/C27H33NO2S/c1-21(2)17-20-27(18-9-4-10-19-27)26(30)28-23-13-7-8-14-24(23)31-25(29)16-15-22-11-5-3-6-12-22/h3,5-8,11-16,21H,4,9-10,17-20H2,1-2H3,(H,28,30)/b16-15+. The summed E-state index contributed by atoms with van der Waals surface area (Å²) in [6.07, 6.45) is 10.8. The largest absolute Gasteiger partial charge is 0.325 e. The van der Waals surface area contributed by atoms with Gasteiger partial charge in [-0.25, -0.2) is 0 Å². The van der Waals surface area contributed by atoms with E-state index in [-0.39, 0.29) is 16.4 Å². The number of carbonyl (C=O) groups is 2. The molecule has 1 aliphatic rings. The van der Waals surface area contributed by atoms with E-state index in [1.54, 1.807) is 6.08 Å². The lowest BCUT2D eigenvalue weighted by Crippen LogP contribution is -2.38. The summed E-state index contributed by atoms with van der Waals surface area (Å²) in [5.41, 5.74) is 1.44. The Labute approximate surface area is 190 Å². The minimum atomic E-state index is -0.280. The molecule has 0 aliphatic heterocycles. The van der Waals surface area contributed by atoms with Crippen molar-refractivity contribution in [3.63, 3.8) is 0 Å². The van der Waals surface area contributed by atoms with Crippen LogP contribution in [0.2, 0.25) is 0 Å². The van der Waals surface area contributed by atoms with E-state index in [1.807, 2.05) is 60.7 Å². The van der Waals surface area contributed by atoms with Gasteiger partial charge in [-0.3, -0.25) is 9.59 Å². The second-order valence-corrected chi connectivity index (χ2v) is 9.94. The van der Waals surface area contributed by atoms with Gasteiger partial charge in [-0.15, -0.1) is 0 Å². The maximum atomic E-state index is 13.4. The first-order valence-electron chi connectivity index (χ1n) is 11.3. The third-order valence-electron chi connectivity index (χ3n) is 6.05. The van der Waals surface area contributed by atoms with Crippen molar-refractivity contribution in [3.8, 4) is 0 Å². The number of hydrogen-bond acceptors (Lipinski definition) is 3. The molecular formula is C27H33NO2S. The van der Waals surface area contributed by atoms with E-state index >= 15 is 0 Å². The number of para-hydroxylation sites is 1. The summed E-state index contributed by atoms with van der Waals surface area (Å²) < 4.78 is 0.